The van der Waals surface area contributed by atoms with Crippen LogP contribution in [0.3, 0.4) is 0 Å². The van der Waals surface area contributed by atoms with Gasteiger partial charge in [0.2, 0.25) is 0 Å². The molecule has 0 aliphatic carbocycles. The van der Waals surface area contributed by atoms with Crippen LogP contribution in [0.1, 0.15) is 17.2 Å². The summed E-state index contributed by atoms with van der Waals surface area (Å²) >= 11 is 6.19. The van der Waals surface area contributed by atoms with Gasteiger partial charge in [-0.3, -0.25) is 19.5 Å². The van der Waals surface area contributed by atoms with E-state index in [-0.39, 0.29) is 16.4 Å². The molecule has 150 valence electrons. The van der Waals surface area contributed by atoms with Gasteiger partial charge in [0.25, 0.3) is 11.7 Å². The Morgan fingerprint density at radius 2 is 1.77 bits per heavy atom. The van der Waals surface area contributed by atoms with Crippen LogP contribution < -0.4 is 9.64 Å². The lowest BCUT2D eigenvalue weighted by Crippen LogP contribution is -2.29. The highest BCUT2D eigenvalue weighted by Gasteiger charge is 2.46. The van der Waals surface area contributed by atoms with Crippen LogP contribution in [0.25, 0.3) is 5.76 Å². The van der Waals surface area contributed by atoms with Crippen molar-refractivity contribution in [3.8, 4) is 5.75 Å². The molecule has 1 saturated heterocycles. The van der Waals surface area contributed by atoms with Gasteiger partial charge in [-0.05, 0) is 48.0 Å². The van der Waals surface area contributed by atoms with E-state index >= 15 is 0 Å². The molecule has 0 radical (unpaired) electrons. The maximum absolute atomic E-state index is 13.0. The van der Waals surface area contributed by atoms with Gasteiger partial charge in [-0.25, -0.2) is 0 Å². The molecule has 1 N–H and O–H groups in total. The first-order valence-corrected chi connectivity index (χ1v) is 9.50. The van der Waals surface area contributed by atoms with Gasteiger partial charge in [0.15, 0.2) is 0 Å². The number of carbonyl (C=O) groups is 2. The SMILES string of the molecule is COc1ccc(/C(O)=C2/C(=O)C(=O)N(c3ccccc3)C2c2ccncc2)cc1Cl. The molecule has 1 aromatic heterocycles. The number of halogens is 1. The quantitative estimate of drug-likeness (QED) is 0.385. The van der Waals surface area contributed by atoms with Gasteiger partial charge < -0.3 is 9.84 Å². The summed E-state index contributed by atoms with van der Waals surface area (Å²) in [5, 5.41) is 11.3. The number of para-hydroxylation sites is 1. The Hall–Kier alpha value is -3.64. The van der Waals surface area contributed by atoms with Crippen molar-refractivity contribution in [2.24, 2.45) is 0 Å². The number of methoxy groups -OCH3 is 1. The van der Waals surface area contributed by atoms with Crippen LogP contribution in [0.2, 0.25) is 5.02 Å². The van der Waals surface area contributed by atoms with Crippen molar-refractivity contribution in [3.63, 3.8) is 0 Å². The summed E-state index contributed by atoms with van der Waals surface area (Å²) in [7, 11) is 1.48. The van der Waals surface area contributed by atoms with E-state index in [2.05, 4.69) is 4.98 Å². The minimum absolute atomic E-state index is 0.0173. The standard InChI is InChI=1S/C23H17ClN2O4/c1-30-18-8-7-15(13-17(18)24)21(27)19-20(14-9-11-25-12-10-14)26(23(29)22(19)28)16-5-3-2-4-6-16/h2-13,20,27H,1H3/b21-19-. The summed E-state index contributed by atoms with van der Waals surface area (Å²) < 4.78 is 5.14. The largest absolute Gasteiger partial charge is 0.507 e. The maximum atomic E-state index is 13.0. The Labute approximate surface area is 178 Å². The van der Waals surface area contributed by atoms with Gasteiger partial charge in [0.1, 0.15) is 11.5 Å². The van der Waals surface area contributed by atoms with Gasteiger partial charge in [-0.1, -0.05) is 29.8 Å². The van der Waals surface area contributed by atoms with Crippen LogP contribution in [0.5, 0.6) is 5.75 Å². The summed E-state index contributed by atoms with van der Waals surface area (Å²) in [5.74, 6) is -1.36. The van der Waals surface area contributed by atoms with E-state index in [0.29, 0.717) is 22.6 Å². The second-order valence-corrected chi connectivity index (χ2v) is 7.04. The molecule has 30 heavy (non-hydrogen) atoms. The molecular formula is C23H17ClN2O4. The Morgan fingerprint density at radius 1 is 1.07 bits per heavy atom. The lowest BCUT2D eigenvalue weighted by atomic mass is 9.95. The van der Waals surface area contributed by atoms with E-state index in [1.54, 1.807) is 60.9 Å². The summed E-state index contributed by atoms with van der Waals surface area (Å²) in [6, 6.07) is 16.1. The van der Waals surface area contributed by atoms with E-state index in [1.165, 1.54) is 18.1 Å². The third-order valence-electron chi connectivity index (χ3n) is 4.93. The van der Waals surface area contributed by atoms with Crippen LogP contribution in [-0.4, -0.2) is 28.9 Å². The van der Waals surface area contributed by atoms with E-state index in [0.717, 1.165) is 0 Å². The number of anilines is 1. The van der Waals surface area contributed by atoms with Gasteiger partial charge >= 0.3 is 0 Å². The molecule has 7 heteroatoms. The van der Waals surface area contributed by atoms with Gasteiger partial charge in [0, 0.05) is 23.6 Å². The van der Waals surface area contributed by atoms with Gasteiger partial charge in [-0.15, -0.1) is 0 Å². The van der Waals surface area contributed by atoms with Gasteiger partial charge in [-0.2, -0.15) is 0 Å². The van der Waals surface area contributed by atoms with Crippen LogP contribution in [-0.2, 0) is 9.59 Å². The highest BCUT2D eigenvalue weighted by molar-refractivity contribution is 6.51. The van der Waals surface area contributed by atoms with Crippen molar-refractivity contribution in [1.82, 2.24) is 4.98 Å². The van der Waals surface area contributed by atoms with E-state index in [9.17, 15) is 14.7 Å². The smallest absolute Gasteiger partial charge is 0.300 e. The molecule has 1 fully saturated rings. The fraction of sp³-hybridized carbons (Fsp3) is 0.0870. The van der Waals surface area contributed by atoms with E-state index in [4.69, 9.17) is 16.3 Å². The fourth-order valence-electron chi connectivity index (χ4n) is 3.52. The molecule has 1 aliphatic rings. The highest BCUT2D eigenvalue weighted by Crippen LogP contribution is 2.42. The number of aliphatic hydroxyl groups is 1. The second kappa shape index (κ2) is 8.00. The maximum Gasteiger partial charge on any atom is 0.300 e. The van der Waals surface area contributed by atoms with Crippen LogP contribution >= 0.6 is 11.6 Å². The van der Waals surface area contributed by atoms with Crippen molar-refractivity contribution in [2.75, 3.05) is 12.0 Å². The van der Waals surface area contributed by atoms with Crippen molar-refractivity contribution < 1.29 is 19.4 Å². The van der Waals surface area contributed by atoms with Gasteiger partial charge in [0.05, 0.1) is 23.7 Å². The molecule has 2 heterocycles. The lowest BCUT2D eigenvalue weighted by molar-refractivity contribution is -0.132. The molecule has 4 rings (SSSR count). The number of ether oxygens (including phenoxy) is 1. The first kappa shape index (κ1) is 19.7. The monoisotopic (exact) mass is 420 g/mol. The molecule has 0 bridgehead atoms. The first-order valence-electron chi connectivity index (χ1n) is 9.13. The number of hydrogen-bond donors (Lipinski definition) is 1. The molecule has 1 atom stereocenters. The van der Waals surface area contributed by atoms with E-state index in [1.807, 2.05) is 6.07 Å². The van der Waals surface area contributed by atoms with Crippen molar-refractivity contribution in [3.05, 3.63) is 94.8 Å². The highest BCUT2D eigenvalue weighted by atomic mass is 35.5. The number of Topliss-reactive ketones (excluding diaryl/α,β-unsaturated/α-hetero) is 1. The minimum atomic E-state index is -0.809. The van der Waals surface area contributed by atoms with Crippen molar-refractivity contribution in [2.45, 2.75) is 6.04 Å². The predicted molar refractivity (Wildman–Crippen MR) is 113 cm³/mol. The Morgan fingerprint density at radius 3 is 2.40 bits per heavy atom. The molecule has 1 aliphatic heterocycles. The average molecular weight is 421 g/mol. The third kappa shape index (κ3) is 3.31. The minimum Gasteiger partial charge on any atom is -0.507 e. The molecule has 1 unspecified atom stereocenters. The summed E-state index contributed by atoms with van der Waals surface area (Å²) in [5.41, 5.74) is 1.49. The summed E-state index contributed by atoms with van der Waals surface area (Å²) in [4.78, 5) is 31.4. The van der Waals surface area contributed by atoms with Crippen molar-refractivity contribution >= 4 is 34.7 Å². The summed E-state index contributed by atoms with van der Waals surface area (Å²) in [6.07, 6.45) is 3.15. The Bertz CT molecular complexity index is 1150. The second-order valence-electron chi connectivity index (χ2n) is 6.63. The Kier molecular flexibility index (Phi) is 5.25. The zero-order valence-electron chi connectivity index (χ0n) is 15.9. The first-order chi connectivity index (χ1) is 14.5. The number of amides is 1. The molecule has 0 saturated carbocycles. The third-order valence-corrected chi connectivity index (χ3v) is 5.22. The zero-order chi connectivity index (χ0) is 21.3. The number of pyridine rings is 1. The number of ketones is 1. The lowest BCUT2D eigenvalue weighted by Gasteiger charge is -2.25. The predicted octanol–water partition coefficient (Wildman–Crippen LogP) is 4.37. The number of hydrogen-bond acceptors (Lipinski definition) is 5. The molecular weight excluding hydrogens is 404 g/mol. The molecule has 0 spiro atoms. The average Bonchev–Trinajstić information content (AvgIpc) is 3.05. The van der Waals surface area contributed by atoms with Crippen LogP contribution in [0.15, 0.2) is 78.6 Å². The number of carbonyl (C=O) groups excluding carboxylic acids is 2. The molecule has 2 aromatic carbocycles. The number of aromatic nitrogens is 1. The normalized spacial score (nSPS) is 17.9. The van der Waals surface area contributed by atoms with Crippen molar-refractivity contribution in [1.29, 1.82) is 0 Å². The number of benzene rings is 2. The number of rotatable bonds is 4. The van der Waals surface area contributed by atoms with E-state index < -0.39 is 17.7 Å². The zero-order valence-corrected chi connectivity index (χ0v) is 16.7. The molecule has 3 aromatic rings. The van der Waals surface area contributed by atoms with Crippen LogP contribution in [0.4, 0.5) is 5.69 Å². The molecule has 6 nitrogen and oxygen atoms in total. The number of nitrogens with zero attached hydrogens (tertiary/aromatic N) is 2. The van der Waals surface area contributed by atoms with Crippen LogP contribution in [0, 0.1) is 0 Å². The summed E-state index contributed by atoms with van der Waals surface area (Å²) in [6.45, 7) is 0. The Balaban J connectivity index is 1.93. The number of aliphatic hydroxyl groups excluding tert-OH is 1. The topological polar surface area (TPSA) is 79.7 Å². The molecule has 1 amide bonds. The fourth-order valence-corrected chi connectivity index (χ4v) is 3.78.